The molecule has 24 nitrogen and oxygen atoms in total. The number of carbonyl (C=O) groups excluding carboxylic acids is 6. The number of esters is 3. The van der Waals surface area contributed by atoms with Crippen LogP contribution in [0.3, 0.4) is 0 Å². The zero-order valence-corrected chi connectivity index (χ0v) is 67.9. The van der Waals surface area contributed by atoms with Crippen molar-refractivity contribution in [2.45, 2.75) is 76.3 Å². The van der Waals surface area contributed by atoms with Crippen LogP contribution in [-0.4, -0.2) is 143 Å². The normalized spacial score (nSPS) is 9.81. The number of ether oxygens (including phenoxy) is 3. The predicted octanol–water partition coefficient (Wildman–Crippen LogP) is 21.4. The molecule has 11 aromatic rings. The molecule has 5 aromatic heterocycles. The van der Waals surface area contributed by atoms with E-state index >= 15 is 0 Å². The highest BCUT2D eigenvalue weighted by Gasteiger charge is 2.23. The molecule has 0 atom stereocenters. The lowest BCUT2D eigenvalue weighted by Crippen LogP contribution is -2.11. The summed E-state index contributed by atoms with van der Waals surface area (Å²) >= 11 is 15.1. The number of alkyl halides is 1. The minimum absolute atomic E-state index is 0. The molecule has 0 saturated heterocycles. The number of hydrogen-bond donors (Lipinski definition) is 5. The minimum Gasteiger partial charge on any atom is -0.462 e. The van der Waals surface area contributed by atoms with Crippen molar-refractivity contribution in [3.05, 3.63) is 249 Å². The largest absolute Gasteiger partial charge is 0.462 e. The third-order valence-electron chi connectivity index (χ3n) is 13.6. The lowest BCUT2D eigenvalue weighted by atomic mass is 10.1. The number of aldehydes is 2. The van der Waals surface area contributed by atoms with Crippen molar-refractivity contribution in [2.24, 2.45) is 0 Å². The zero-order valence-electron chi connectivity index (χ0n) is 61.5. The highest BCUT2D eigenvalue weighted by molar-refractivity contribution is 9.09. The SMILES string of the molecule is C.C.C.C.CCOC(=O)c1cnc(SC)nc1Cl.CCOC(=O)c1cnc(SC)nc1Nc1c(F)cccc1F.CCOC(=O)c1cnc(SC)nc1Nc1c(F)cccc1F.CSc1ncc(C=O)c(Nc2c(F)cccc2F)n1.CSc1ncc(C=O)c(Nc2c(F)cccc2F)n1.Nc1c(F)cccc1F.O=C(CBr)c1ccc(F)cc1. The van der Waals surface area contributed by atoms with Gasteiger partial charge in [0.25, 0.3) is 0 Å². The van der Waals surface area contributed by atoms with Gasteiger partial charge in [-0.25, -0.2) is 113 Å². The molecular formula is C78H80BrClF11N15O9S5. The summed E-state index contributed by atoms with van der Waals surface area (Å²) in [6, 6.07) is 22.8. The second kappa shape index (κ2) is 55.6. The van der Waals surface area contributed by atoms with Crippen molar-refractivity contribution in [3.63, 3.8) is 0 Å². The molecule has 0 saturated carbocycles. The number of Topliss-reactive ketones (excluding diaryl/α,β-unsaturated/α-hetero) is 1. The molecule has 0 spiro atoms. The first-order valence-electron chi connectivity index (χ1n) is 32.6. The van der Waals surface area contributed by atoms with Crippen LogP contribution in [0.4, 0.5) is 100 Å². The van der Waals surface area contributed by atoms with E-state index in [1.807, 2.05) is 6.26 Å². The maximum absolute atomic E-state index is 13.7. The van der Waals surface area contributed by atoms with Gasteiger partial charge < -0.3 is 41.2 Å². The van der Waals surface area contributed by atoms with Crippen LogP contribution in [0.1, 0.15) is 113 Å². The van der Waals surface area contributed by atoms with Crippen LogP contribution in [0, 0.1) is 64.0 Å². The number of carbonyl (C=O) groups is 6. The minimum atomic E-state index is -0.792. The number of hydrogen-bond acceptors (Lipinski definition) is 29. The molecule has 0 unspecified atom stereocenters. The second-order valence-electron chi connectivity index (χ2n) is 21.1. The van der Waals surface area contributed by atoms with E-state index in [4.69, 9.17) is 31.5 Å². The maximum Gasteiger partial charge on any atom is 0.343 e. The average molecular weight is 1860 g/mol. The Hall–Kier alpha value is -11.1. The van der Waals surface area contributed by atoms with Crippen molar-refractivity contribution >= 4 is 174 Å². The van der Waals surface area contributed by atoms with Crippen LogP contribution in [0.5, 0.6) is 0 Å². The predicted molar refractivity (Wildman–Crippen MR) is 454 cm³/mol. The zero-order chi connectivity index (χ0) is 85.6. The molecule has 642 valence electrons. The number of halogens is 13. The smallest absolute Gasteiger partial charge is 0.343 e. The lowest BCUT2D eigenvalue weighted by Gasteiger charge is -2.12. The van der Waals surface area contributed by atoms with Gasteiger partial charge in [0.05, 0.1) is 36.3 Å². The molecule has 11 rings (SSSR count). The molecule has 0 aliphatic carbocycles. The number of nitrogen functional groups attached to an aromatic ring is 1. The van der Waals surface area contributed by atoms with Gasteiger partial charge in [0.1, 0.15) is 138 Å². The molecule has 0 radical (unpaired) electrons. The number of ketones is 1. The molecule has 5 heterocycles. The maximum atomic E-state index is 13.7. The highest BCUT2D eigenvalue weighted by atomic mass is 79.9. The summed E-state index contributed by atoms with van der Waals surface area (Å²) in [6.45, 7) is 5.66. The second-order valence-corrected chi connectivity index (χ2v) is 25.9. The van der Waals surface area contributed by atoms with Gasteiger partial charge in [-0.1, -0.05) is 146 Å². The van der Waals surface area contributed by atoms with Gasteiger partial charge >= 0.3 is 17.9 Å². The molecule has 0 aliphatic rings. The summed E-state index contributed by atoms with van der Waals surface area (Å²) in [5, 5.41) is 12.4. The van der Waals surface area contributed by atoms with E-state index in [0.717, 1.165) is 60.7 Å². The Morgan fingerprint density at radius 2 is 0.642 bits per heavy atom. The topological polar surface area (TPSA) is 333 Å². The van der Waals surface area contributed by atoms with Crippen LogP contribution in [0.25, 0.3) is 0 Å². The van der Waals surface area contributed by atoms with Crippen LogP contribution >= 0.6 is 86.3 Å². The Kier molecular flexibility index (Phi) is 49.5. The van der Waals surface area contributed by atoms with Crippen molar-refractivity contribution in [1.29, 1.82) is 0 Å². The number of aromatic nitrogens is 10. The van der Waals surface area contributed by atoms with Gasteiger partial charge in [-0.15, -0.1) is 0 Å². The van der Waals surface area contributed by atoms with Gasteiger partial charge in [0.15, 0.2) is 44.1 Å². The number of rotatable bonds is 23. The molecule has 42 heteroatoms. The number of nitrogens with zero attached hydrogens (tertiary/aromatic N) is 10. The Bertz CT molecular complexity index is 4870. The fourth-order valence-corrected chi connectivity index (χ4v) is 10.4. The first-order chi connectivity index (χ1) is 55.6. The molecule has 6 aromatic carbocycles. The molecule has 0 fully saturated rings. The van der Waals surface area contributed by atoms with E-state index in [1.54, 1.807) is 45.8 Å². The quantitative estimate of drug-likeness (QED) is 0.00379. The summed E-state index contributed by atoms with van der Waals surface area (Å²) in [5.74, 6) is -9.73. The number of nitrogens with two attached hydrogens (primary N) is 1. The average Bonchev–Trinajstić information content (AvgIpc) is 0.840. The fraction of sp³-hybridized carbons (Fsp3) is 0.205. The van der Waals surface area contributed by atoms with Gasteiger partial charge in [0, 0.05) is 36.5 Å². The summed E-state index contributed by atoms with van der Waals surface area (Å²) in [4.78, 5) is 108. The van der Waals surface area contributed by atoms with E-state index in [-0.39, 0.29) is 139 Å². The van der Waals surface area contributed by atoms with Gasteiger partial charge in [-0.05, 0) is 137 Å². The lowest BCUT2D eigenvalue weighted by molar-refractivity contribution is 0.0516. The third-order valence-corrected chi connectivity index (χ3v) is 17.2. The standard InChI is InChI=1S/2C14H13F2N3O2S.2C12H9F2N3OS.C8H6BrFO.C8H9ClN2O2S.C6H5F2N.4CH4/c2*1-3-21-13(20)8-7-17-14(22-2)19-12(8)18-11-9(15)5-4-6-10(11)16;2*1-19-12-15-5-7(6-18)11(17-12)16-10-8(13)3-2-4-9(10)14;9-5-8(11)6-1-3-7(10)4-2-6;1-3-13-7(12)5-4-10-8(14-2)11-6(5)9;7-4-2-1-3-5(8)6(4)9;;;;/h2*4-7H,3H2,1-2H3,(H,17,18,19);2*2-6H,1H3,(H,15,16,17);1-4H,5H2;4H,3H2,1-2H3;1-3H,9H2;4*1H4. The molecular weight excluding hydrogens is 1780 g/mol. The first-order valence-corrected chi connectivity index (χ1v) is 40.2. The number of nitrogens with one attached hydrogen (secondary N) is 4. The van der Waals surface area contributed by atoms with E-state index in [2.05, 4.69) is 87.0 Å². The van der Waals surface area contributed by atoms with E-state index in [1.165, 1.54) is 144 Å². The van der Waals surface area contributed by atoms with Gasteiger partial charge in [0.2, 0.25) is 0 Å². The van der Waals surface area contributed by atoms with Gasteiger partial charge in [-0.2, -0.15) is 0 Å². The van der Waals surface area contributed by atoms with Crippen molar-refractivity contribution < 1.29 is 91.3 Å². The first kappa shape index (κ1) is 107. The fourth-order valence-electron chi connectivity index (χ4n) is 8.11. The summed E-state index contributed by atoms with van der Waals surface area (Å²) in [5.41, 5.74) is 4.02. The van der Waals surface area contributed by atoms with E-state index in [0.29, 0.717) is 50.5 Å². The van der Waals surface area contributed by atoms with Crippen molar-refractivity contribution in [1.82, 2.24) is 49.8 Å². The molecule has 0 amide bonds. The molecule has 0 bridgehead atoms. The van der Waals surface area contributed by atoms with Crippen LogP contribution in [0.15, 0.2) is 172 Å². The monoisotopic (exact) mass is 1850 g/mol. The number of thioether (sulfide) groups is 5. The molecule has 0 aliphatic heterocycles. The Morgan fingerprint density at radius 1 is 0.392 bits per heavy atom. The summed E-state index contributed by atoms with van der Waals surface area (Å²) in [6.07, 6.45) is 16.4. The Morgan fingerprint density at radius 3 is 0.900 bits per heavy atom. The Balaban J connectivity index is 0.000000708. The summed E-state index contributed by atoms with van der Waals surface area (Å²) in [7, 11) is 0. The van der Waals surface area contributed by atoms with Crippen molar-refractivity contribution in [2.75, 3.05) is 83.4 Å². The highest BCUT2D eigenvalue weighted by Crippen LogP contribution is 2.31. The number of para-hydroxylation sites is 5. The van der Waals surface area contributed by atoms with E-state index < -0.39 is 81.8 Å². The summed E-state index contributed by atoms with van der Waals surface area (Å²) < 4.78 is 160. The van der Waals surface area contributed by atoms with Crippen LogP contribution in [0.2, 0.25) is 5.15 Å². The van der Waals surface area contributed by atoms with Crippen LogP contribution in [-0.2, 0) is 14.2 Å². The van der Waals surface area contributed by atoms with Crippen LogP contribution < -0.4 is 27.0 Å². The Labute approximate surface area is 719 Å². The van der Waals surface area contributed by atoms with Crippen molar-refractivity contribution in [3.8, 4) is 0 Å². The number of benzene rings is 6. The van der Waals surface area contributed by atoms with Gasteiger partial charge in [-0.3, -0.25) is 14.4 Å². The molecule has 120 heavy (non-hydrogen) atoms. The molecule has 6 N–H and O–H groups in total. The van der Waals surface area contributed by atoms with E-state index in [9.17, 15) is 77.1 Å². The third kappa shape index (κ3) is 32.9. The number of anilines is 9.